The monoisotopic (exact) mass is 317 g/mol. The molecule has 0 radical (unpaired) electrons. The van der Waals surface area contributed by atoms with Gasteiger partial charge in [0.15, 0.2) is 0 Å². The Morgan fingerprint density at radius 3 is 3.05 bits per heavy atom. The van der Waals surface area contributed by atoms with Crippen LogP contribution in [0.15, 0.2) is 17.3 Å². The highest BCUT2D eigenvalue weighted by Gasteiger charge is 2.27. The second-order valence-corrected chi connectivity index (χ2v) is 6.76. The molecule has 9 heteroatoms. The summed E-state index contributed by atoms with van der Waals surface area (Å²) in [5.74, 6) is -0.958. The van der Waals surface area contributed by atoms with Crippen molar-refractivity contribution < 1.29 is 23.1 Å². The second-order valence-electron chi connectivity index (χ2n) is 5.04. The van der Waals surface area contributed by atoms with E-state index in [1.54, 1.807) is 6.92 Å². The molecule has 2 rings (SSSR count). The van der Waals surface area contributed by atoms with Crippen LogP contribution in [0.2, 0.25) is 0 Å². The molecule has 2 N–H and O–H groups in total. The fraction of sp³-hybridized carbons (Fsp3) is 0.667. The number of aliphatic carboxylic acids is 1. The van der Waals surface area contributed by atoms with E-state index < -0.39 is 16.0 Å². The molecule has 0 aliphatic carbocycles. The predicted molar refractivity (Wildman–Crippen MR) is 73.2 cm³/mol. The lowest BCUT2D eigenvalue weighted by Crippen LogP contribution is -2.40. The number of nitrogens with one attached hydrogen (secondary N) is 1. The van der Waals surface area contributed by atoms with Crippen LogP contribution in [0.25, 0.3) is 0 Å². The Morgan fingerprint density at radius 2 is 2.43 bits per heavy atom. The molecule has 1 aliphatic heterocycles. The molecule has 8 nitrogen and oxygen atoms in total. The van der Waals surface area contributed by atoms with Crippen molar-refractivity contribution in [3.05, 3.63) is 12.4 Å². The van der Waals surface area contributed by atoms with Gasteiger partial charge in [0.05, 0.1) is 25.3 Å². The first kappa shape index (κ1) is 15.9. The van der Waals surface area contributed by atoms with Gasteiger partial charge in [0.25, 0.3) is 0 Å². The number of aromatic nitrogens is 2. The molecular formula is C12H19N3O5S. The fourth-order valence-corrected chi connectivity index (χ4v) is 3.43. The molecule has 2 unspecified atom stereocenters. The average molecular weight is 317 g/mol. The number of hydrogen-bond donors (Lipinski definition) is 2. The Hall–Kier alpha value is -1.45. The summed E-state index contributed by atoms with van der Waals surface area (Å²) >= 11 is 0. The van der Waals surface area contributed by atoms with Gasteiger partial charge in [0, 0.05) is 18.8 Å². The van der Waals surface area contributed by atoms with E-state index >= 15 is 0 Å². The van der Waals surface area contributed by atoms with Gasteiger partial charge in [0.2, 0.25) is 10.0 Å². The number of ether oxygens (including phenoxy) is 1. The zero-order valence-electron chi connectivity index (χ0n) is 11.7. The standard InChI is InChI=1S/C12H19N3O5S/c1-9(11-3-2-6-20-11)14-21(18,19)10-7-13-15(8-10)5-4-12(16)17/h7-9,11,14H,2-6H2,1H3,(H,16,17). The number of hydrogen-bond acceptors (Lipinski definition) is 5. The summed E-state index contributed by atoms with van der Waals surface area (Å²) in [6, 6.07) is -0.320. The Labute approximate surface area is 123 Å². The van der Waals surface area contributed by atoms with Crippen molar-refractivity contribution in [1.29, 1.82) is 0 Å². The lowest BCUT2D eigenvalue weighted by molar-refractivity contribution is -0.137. The van der Waals surface area contributed by atoms with Crippen LogP contribution in [0.1, 0.15) is 26.2 Å². The van der Waals surface area contributed by atoms with Crippen LogP contribution < -0.4 is 4.72 Å². The van der Waals surface area contributed by atoms with Crippen LogP contribution in [0.4, 0.5) is 0 Å². The molecule has 118 valence electrons. The van der Waals surface area contributed by atoms with Gasteiger partial charge >= 0.3 is 5.97 Å². The van der Waals surface area contributed by atoms with Gasteiger partial charge in [-0.2, -0.15) is 5.10 Å². The summed E-state index contributed by atoms with van der Waals surface area (Å²) in [6.45, 7) is 2.55. The van der Waals surface area contributed by atoms with Crippen LogP contribution in [-0.4, -0.2) is 48.0 Å². The highest BCUT2D eigenvalue weighted by atomic mass is 32.2. The zero-order chi connectivity index (χ0) is 15.5. The van der Waals surface area contributed by atoms with E-state index in [0.29, 0.717) is 6.61 Å². The summed E-state index contributed by atoms with van der Waals surface area (Å²) < 4.78 is 33.8. The highest BCUT2D eigenvalue weighted by molar-refractivity contribution is 7.89. The van der Waals surface area contributed by atoms with E-state index in [1.165, 1.54) is 17.1 Å². The van der Waals surface area contributed by atoms with Crippen molar-refractivity contribution in [2.45, 2.75) is 49.8 Å². The molecule has 2 atom stereocenters. The van der Waals surface area contributed by atoms with Crippen LogP contribution in [0.5, 0.6) is 0 Å². The van der Waals surface area contributed by atoms with E-state index in [9.17, 15) is 13.2 Å². The quantitative estimate of drug-likeness (QED) is 0.743. The molecule has 0 spiro atoms. The highest BCUT2D eigenvalue weighted by Crippen LogP contribution is 2.17. The molecular weight excluding hydrogens is 298 g/mol. The van der Waals surface area contributed by atoms with E-state index in [-0.39, 0.29) is 30.0 Å². The predicted octanol–water partition coefficient (Wildman–Crippen LogP) is 0.204. The summed E-state index contributed by atoms with van der Waals surface area (Å²) in [5, 5.41) is 12.5. The summed E-state index contributed by atoms with van der Waals surface area (Å²) in [7, 11) is -3.68. The fourth-order valence-electron chi connectivity index (χ4n) is 2.20. The maximum atomic E-state index is 12.2. The van der Waals surface area contributed by atoms with Crippen molar-refractivity contribution in [3.63, 3.8) is 0 Å². The van der Waals surface area contributed by atoms with Gasteiger partial charge in [-0.25, -0.2) is 13.1 Å². The SMILES string of the molecule is CC(NS(=O)(=O)c1cnn(CCC(=O)O)c1)C1CCCO1. The van der Waals surface area contributed by atoms with E-state index in [0.717, 1.165) is 12.8 Å². The van der Waals surface area contributed by atoms with Gasteiger partial charge in [-0.05, 0) is 19.8 Å². The van der Waals surface area contributed by atoms with E-state index in [1.807, 2.05) is 0 Å². The molecule has 0 bridgehead atoms. The van der Waals surface area contributed by atoms with Gasteiger partial charge in [0.1, 0.15) is 4.90 Å². The molecule has 1 aromatic rings. The maximum Gasteiger partial charge on any atom is 0.305 e. The first-order chi connectivity index (χ1) is 9.88. The normalized spacial score (nSPS) is 20.5. The molecule has 0 aromatic carbocycles. The molecule has 1 aromatic heterocycles. The molecule has 0 amide bonds. The zero-order valence-corrected chi connectivity index (χ0v) is 12.5. The largest absolute Gasteiger partial charge is 0.481 e. The molecule has 1 saturated heterocycles. The molecule has 1 fully saturated rings. The lowest BCUT2D eigenvalue weighted by Gasteiger charge is -2.19. The Bertz CT molecular complexity index is 592. The molecule has 0 saturated carbocycles. The number of aryl methyl sites for hydroxylation is 1. The summed E-state index contributed by atoms with van der Waals surface area (Å²) in [5.41, 5.74) is 0. The number of rotatable bonds is 7. The van der Waals surface area contributed by atoms with Crippen molar-refractivity contribution in [3.8, 4) is 0 Å². The van der Waals surface area contributed by atoms with Crippen LogP contribution in [-0.2, 0) is 26.1 Å². The second kappa shape index (κ2) is 6.54. The van der Waals surface area contributed by atoms with E-state index in [4.69, 9.17) is 9.84 Å². The van der Waals surface area contributed by atoms with Gasteiger partial charge in [-0.1, -0.05) is 0 Å². The third kappa shape index (κ3) is 4.26. The van der Waals surface area contributed by atoms with Crippen LogP contribution >= 0.6 is 0 Å². The molecule has 2 heterocycles. The van der Waals surface area contributed by atoms with Gasteiger partial charge < -0.3 is 9.84 Å². The maximum absolute atomic E-state index is 12.2. The number of carboxylic acids is 1. The third-order valence-electron chi connectivity index (χ3n) is 3.34. The van der Waals surface area contributed by atoms with Crippen molar-refractivity contribution in [2.24, 2.45) is 0 Å². The minimum Gasteiger partial charge on any atom is -0.481 e. The number of carboxylic acid groups (broad SMARTS) is 1. The summed E-state index contributed by atoms with van der Waals surface area (Å²) in [6.07, 6.45) is 4.09. The molecule has 21 heavy (non-hydrogen) atoms. The Balaban J connectivity index is 2.00. The first-order valence-corrected chi connectivity index (χ1v) is 8.25. The van der Waals surface area contributed by atoms with Gasteiger partial charge in [-0.15, -0.1) is 0 Å². The number of sulfonamides is 1. The summed E-state index contributed by atoms with van der Waals surface area (Å²) in [4.78, 5) is 10.5. The smallest absolute Gasteiger partial charge is 0.305 e. The van der Waals surface area contributed by atoms with Crippen LogP contribution in [0.3, 0.4) is 0 Å². The van der Waals surface area contributed by atoms with Crippen LogP contribution in [0, 0.1) is 0 Å². The number of carbonyl (C=O) groups is 1. The minimum absolute atomic E-state index is 0.0257. The Kier molecular flexibility index (Phi) is 4.96. The topological polar surface area (TPSA) is 111 Å². The van der Waals surface area contributed by atoms with Crippen molar-refractivity contribution in [2.75, 3.05) is 6.61 Å². The minimum atomic E-state index is -3.68. The Morgan fingerprint density at radius 1 is 1.67 bits per heavy atom. The van der Waals surface area contributed by atoms with Gasteiger partial charge in [-0.3, -0.25) is 9.48 Å². The van der Waals surface area contributed by atoms with Crippen molar-refractivity contribution in [1.82, 2.24) is 14.5 Å². The lowest BCUT2D eigenvalue weighted by atomic mass is 10.1. The first-order valence-electron chi connectivity index (χ1n) is 6.76. The van der Waals surface area contributed by atoms with E-state index in [2.05, 4.69) is 9.82 Å². The third-order valence-corrected chi connectivity index (χ3v) is 4.85. The average Bonchev–Trinajstić information content (AvgIpc) is 3.07. The number of nitrogens with zero attached hydrogens (tertiary/aromatic N) is 2. The van der Waals surface area contributed by atoms with Crippen molar-refractivity contribution >= 4 is 16.0 Å². The molecule has 1 aliphatic rings.